The molecule has 1 amide bonds. The molecule has 0 saturated heterocycles. The lowest BCUT2D eigenvalue weighted by atomic mass is 10.1. The topological polar surface area (TPSA) is 55.6 Å². The molecule has 1 aromatic rings. The summed E-state index contributed by atoms with van der Waals surface area (Å²) in [6, 6.07) is 7.42. The highest BCUT2D eigenvalue weighted by atomic mass is 16.5. The van der Waals surface area contributed by atoms with Crippen LogP contribution in [0.2, 0.25) is 0 Å². The van der Waals surface area contributed by atoms with Gasteiger partial charge in [-0.3, -0.25) is 4.79 Å². The van der Waals surface area contributed by atoms with Gasteiger partial charge in [-0.1, -0.05) is 13.8 Å². The maximum absolute atomic E-state index is 12.0. The number of methoxy groups -OCH3 is 1. The summed E-state index contributed by atoms with van der Waals surface area (Å²) in [6.45, 7) is 4.75. The van der Waals surface area contributed by atoms with Gasteiger partial charge in [-0.05, 0) is 24.3 Å². The molecule has 94 valence electrons. The van der Waals surface area contributed by atoms with Gasteiger partial charge < -0.3 is 15.4 Å². The fraction of sp³-hybridized carbons (Fsp3) is 0.462. The van der Waals surface area contributed by atoms with Crippen molar-refractivity contribution in [2.45, 2.75) is 13.8 Å². The van der Waals surface area contributed by atoms with Crippen LogP contribution in [0.15, 0.2) is 24.3 Å². The zero-order chi connectivity index (χ0) is 12.8. The van der Waals surface area contributed by atoms with Crippen molar-refractivity contribution in [3.8, 4) is 5.75 Å². The minimum absolute atomic E-state index is 0.0383. The first-order valence-electron chi connectivity index (χ1n) is 5.75. The Balaban J connectivity index is 2.92. The van der Waals surface area contributed by atoms with Crippen LogP contribution in [0.3, 0.4) is 0 Å². The number of hydrogen-bond acceptors (Lipinski definition) is 3. The van der Waals surface area contributed by atoms with Crippen LogP contribution < -0.4 is 15.4 Å². The molecule has 17 heavy (non-hydrogen) atoms. The zero-order valence-electron chi connectivity index (χ0n) is 10.6. The Kier molecular flexibility index (Phi) is 4.97. The fourth-order valence-corrected chi connectivity index (χ4v) is 1.57. The third kappa shape index (κ3) is 3.46. The number of anilines is 1. The SMILES string of the molecule is COc1ccc(N(CCN)C(=O)C(C)C)cc1. The van der Waals surface area contributed by atoms with Crippen molar-refractivity contribution in [2.24, 2.45) is 11.7 Å². The molecule has 1 rings (SSSR count). The lowest BCUT2D eigenvalue weighted by Crippen LogP contribution is -2.38. The fourth-order valence-electron chi connectivity index (χ4n) is 1.57. The third-order valence-corrected chi connectivity index (χ3v) is 2.50. The summed E-state index contributed by atoms with van der Waals surface area (Å²) >= 11 is 0. The molecule has 0 aliphatic rings. The van der Waals surface area contributed by atoms with Crippen LogP contribution in [-0.4, -0.2) is 26.1 Å². The molecule has 1 aromatic carbocycles. The Morgan fingerprint density at radius 3 is 2.35 bits per heavy atom. The number of benzene rings is 1. The van der Waals surface area contributed by atoms with Crippen molar-refractivity contribution in [3.63, 3.8) is 0 Å². The highest BCUT2D eigenvalue weighted by Gasteiger charge is 2.17. The molecule has 0 saturated carbocycles. The zero-order valence-corrected chi connectivity index (χ0v) is 10.6. The predicted octanol–water partition coefficient (Wildman–Crippen LogP) is 1.64. The molecule has 0 bridgehead atoms. The average molecular weight is 236 g/mol. The van der Waals surface area contributed by atoms with Crippen LogP contribution in [0.1, 0.15) is 13.8 Å². The summed E-state index contributed by atoms with van der Waals surface area (Å²) in [5, 5.41) is 0. The van der Waals surface area contributed by atoms with E-state index < -0.39 is 0 Å². The van der Waals surface area contributed by atoms with Gasteiger partial charge in [-0.2, -0.15) is 0 Å². The summed E-state index contributed by atoms with van der Waals surface area (Å²) in [4.78, 5) is 13.7. The van der Waals surface area contributed by atoms with E-state index in [0.29, 0.717) is 13.1 Å². The molecule has 0 atom stereocenters. The first kappa shape index (κ1) is 13.5. The number of ether oxygens (including phenoxy) is 1. The van der Waals surface area contributed by atoms with Crippen LogP contribution in [0.5, 0.6) is 5.75 Å². The maximum atomic E-state index is 12.0. The van der Waals surface area contributed by atoms with Gasteiger partial charge in [-0.15, -0.1) is 0 Å². The first-order chi connectivity index (χ1) is 8.10. The number of hydrogen-bond donors (Lipinski definition) is 1. The van der Waals surface area contributed by atoms with Gasteiger partial charge in [-0.25, -0.2) is 0 Å². The molecule has 4 heteroatoms. The molecule has 0 aromatic heterocycles. The lowest BCUT2D eigenvalue weighted by Gasteiger charge is -2.24. The summed E-state index contributed by atoms with van der Waals surface area (Å²) in [5.74, 6) is 0.822. The lowest BCUT2D eigenvalue weighted by molar-refractivity contribution is -0.121. The molecule has 0 fully saturated rings. The largest absolute Gasteiger partial charge is 0.497 e. The molecule has 2 N–H and O–H groups in total. The van der Waals surface area contributed by atoms with Gasteiger partial charge in [0.25, 0.3) is 0 Å². The standard InChI is InChI=1S/C13H20N2O2/c1-10(2)13(16)15(9-8-14)11-4-6-12(17-3)7-5-11/h4-7,10H,8-9,14H2,1-3H3. The number of nitrogens with two attached hydrogens (primary N) is 1. The van der Waals surface area contributed by atoms with E-state index in [1.165, 1.54) is 0 Å². The van der Waals surface area contributed by atoms with Crippen LogP contribution in [-0.2, 0) is 4.79 Å². The average Bonchev–Trinajstić information content (AvgIpc) is 2.35. The van der Waals surface area contributed by atoms with E-state index in [-0.39, 0.29) is 11.8 Å². The number of nitrogens with zero attached hydrogens (tertiary/aromatic N) is 1. The summed E-state index contributed by atoms with van der Waals surface area (Å²) in [6.07, 6.45) is 0. The van der Waals surface area contributed by atoms with E-state index in [0.717, 1.165) is 11.4 Å². The molecule has 4 nitrogen and oxygen atoms in total. The minimum Gasteiger partial charge on any atom is -0.497 e. The van der Waals surface area contributed by atoms with Crippen molar-refractivity contribution in [1.82, 2.24) is 0 Å². The number of carbonyl (C=O) groups is 1. The quantitative estimate of drug-likeness (QED) is 0.845. The van der Waals surface area contributed by atoms with Crippen LogP contribution in [0, 0.1) is 5.92 Å². The van der Waals surface area contributed by atoms with E-state index in [9.17, 15) is 4.79 Å². The Morgan fingerprint density at radius 1 is 1.35 bits per heavy atom. The van der Waals surface area contributed by atoms with E-state index in [4.69, 9.17) is 10.5 Å². The van der Waals surface area contributed by atoms with E-state index >= 15 is 0 Å². The van der Waals surface area contributed by atoms with Crippen molar-refractivity contribution in [2.75, 3.05) is 25.1 Å². The highest BCUT2D eigenvalue weighted by molar-refractivity contribution is 5.94. The maximum Gasteiger partial charge on any atom is 0.229 e. The Labute approximate surface area is 102 Å². The van der Waals surface area contributed by atoms with Gasteiger partial charge in [0.2, 0.25) is 5.91 Å². The number of carbonyl (C=O) groups excluding carboxylic acids is 1. The normalized spacial score (nSPS) is 10.4. The van der Waals surface area contributed by atoms with Crippen LogP contribution in [0.4, 0.5) is 5.69 Å². The van der Waals surface area contributed by atoms with Crippen molar-refractivity contribution in [1.29, 1.82) is 0 Å². The second-order valence-electron chi connectivity index (χ2n) is 4.13. The smallest absolute Gasteiger partial charge is 0.229 e. The molecule has 0 aliphatic carbocycles. The van der Waals surface area contributed by atoms with Gasteiger partial charge in [0.15, 0.2) is 0 Å². The van der Waals surface area contributed by atoms with Gasteiger partial charge in [0.1, 0.15) is 5.75 Å². The summed E-state index contributed by atoms with van der Waals surface area (Å²) < 4.78 is 5.09. The van der Waals surface area contributed by atoms with Crippen LogP contribution >= 0.6 is 0 Å². The van der Waals surface area contributed by atoms with Gasteiger partial charge in [0.05, 0.1) is 7.11 Å². The highest BCUT2D eigenvalue weighted by Crippen LogP contribution is 2.20. The van der Waals surface area contributed by atoms with Crippen LogP contribution in [0.25, 0.3) is 0 Å². The monoisotopic (exact) mass is 236 g/mol. The Morgan fingerprint density at radius 2 is 1.94 bits per heavy atom. The molecule has 0 radical (unpaired) electrons. The number of amides is 1. The number of rotatable bonds is 5. The van der Waals surface area contributed by atoms with Gasteiger partial charge in [0, 0.05) is 24.7 Å². The molecule has 0 heterocycles. The molecular weight excluding hydrogens is 216 g/mol. The summed E-state index contributed by atoms with van der Waals surface area (Å²) in [5.41, 5.74) is 6.40. The molecular formula is C13H20N2O2. The molecule has 0 unspecified atom stereocenters. The second-order valence-corrected chi connectivity index (χ2v) is 4.13. The van der Waals surface area contributed by atoms with Crippen molar-refractivity contribution < 1.29 is 9.53 Å². The van der Waals surface area contributed by atoms with Crippen molar-refractivity contribution >= 4 is 11.6 Å². The van der Waals surface area contributed by atoms with E-state index in [1.807, 2.05) is 38.1 Å². The van der Waals surface area contributed by atoms with E-state index in [2.05, 4.69) is 0 Å². The summed E-state index contributed by atoms with van der Waals surface area (Å²) in [7, 11) is 1.62. The molecule has 0 spiro atoms. The molecule has 0 aliphatic heterocycles. The predicted molar refractivity (Wildman–Crippen MR) is 69.2 cm³/mol. The second kappa shape index (κ2) is 6.25. The first-order valence-corrected chi connectivity index (χ1v) is 5.75. The Bertz CT molecular complexity index is 360. The van der Waals surface area contributed by atoms with Gasteiger partial charge >= 0.3 is 0 Å². The third-order valence-electron chi connectivity index (χ3n) is 2.50. The minimum atomic E-state index is -0.0383. The Hall–Kier alpha value is -1.55. The van der Waals surface area contributed by atoms with Crippen molar-refractivity contribution in [3.05, 3.63) is 24.3 Å². The van der Waals surface area contributed by atoms with E-state index in [1.54, 1.807) is 12.0 Å².